The number of halogens is 2. The summed E-state index contributed by atoms with van der Waals surface area (Å²) in [4.78, 5) is 16.4. The molecule has 0 bridgehead atoms. The molecule has 1 N–H and O–H groups in total. The van der Waals surface area contributed by atoms with Crippen LogP contribution in [0.1, 0.15) is 10.5 Å². The lowest BCUT2D eigenvalue weighted by atomic mass is 10.1. The molecule has 0 spiro atoms. The van der Waals surface area contributed by atoms with Crippen molar-refractivity contribution in [3.8, 4) is 21.0 Å². The van der Waals surface area contributed by atoms with Crippen molar-refractivity contribution in [3.05, 3.63) is 63.7 Å². The van der Waals surface area contributed by atoms with Crippen LogP contribution in [0.4, 0.5) is 0 Å². The molecule has 0 saturated carbocycles. The summed E-state index contributed by atoms with van der Waals surface area (Å²) in [5.41, 5.74) is 1.67. The number of aromatic carboxylic acids is 1. The van der Waals surface area contributed by atoms with Gasteiger partial charge in [-0.3, -0.25) is 0 Å². The molecule has 0 radical (unpaired) electrons. The van der Waals surface area contributed by atoms with Crippen molar-refractivity contribution < 1.29 is 9.90 Å². The molecule has 0 fully saturated rings. The number of benzene rings is 2. The van der Waals surface area contributed by atoms with Gasteiger partial charge >= 0.3 is 5.97 Å². The van der Waals surface area contributed by atoms with Crippen LogP contribution in [0.2, 0.25) is 5.02 Å². The van der Waals surface area contributed by atoms with Gasteiger partial charge in [0.25, 0.3) is 0 Å². The van der Waals surface area contributed by atoms with Crippen LogP contribution in [-0.2, 0) is 0 Å². The van der Waals surface area contributed by atoms with Crippen LogP contribution in [0.3, 0.4) is 0 Å². The van der Waals surface area contributed by atoms with E-state index in [4.69, 9.17) is 11.6 Å². The van der Waals surface area contributed by atoms with Crippen molar-refractivity contribution in [2.45, 2.75) is 0 Å². The highest BCUT2D eigenvalue weighted by Crippen LogP contribution is 2.37. The number of carboxylic acids is 1. The van der Waals surface area contributed by atoms with E-state index in [1.54, 1.807) is 18.2 Å². The summed E-state index contributed by atoms with van der Waals surface area (Å²) in [5, 5.41) is 10.6. The molecule has 0 aliphatic rings. The minimum absolute atomic E-state index is 0.0437. The van der Waals surface area contributed by atoms with Gasteiger partial charge < -0.3 is 5.11 Å². The van der Waals surface area contributed by atoms with E-state index in [1.165, 1.54) is 11.3 Å². The number of carboxylic acid groups (broad SMARTS) is 1. The summed E-state index contributed by atoms with van der Waals surface area (Å²) >= 11 is 10.8. The van der Waals surface area contributed by atoms with Gasteiger partial charge in [0.1, 0.15) is 5.01 Å². The number of rotatable bonds is 3. The van der Waals surface area contributed by atoms with E-state index in [-0.39, 0.29) is 5.69 Å². The molecule has 0 unspecified atom stereocenters. The maximum absolute atomic E-state index is 11.5. The van der Waals surface area contributed by atoms with Gasteiger partial charge in [0, 0.05) is 15.1 Å². The fourth-order valence-electron chi connectivity index (χ4n) is 2.04. The first kappa shape index (κ1) is 15.2. The van der Waals surface area contributed by atoms with Gasteiger partial charge in [-0.1, -0.05) is 51.8 Å². The average Bonchev–Trinajstić information content (AvgIpc) is 2.92. The molecule has 6 heteroatoms. The Morgan fingerprint density at radius 1 is 1.14 bits per heavy atom. The van der Waals surface area contributed by atoms with Gasteiger partial charge in [0.2, 0.25) is 0 Å². The normalized spacial score (nSPS) is 10.6. The van der Waals surface area contributed by atoms with Gasteiger partial charge in [-0.15, -0.1) is 11.3 Å². The van der Waals surface area contributed by atoms with E-state index in [0.29, 0.717) is 14.9 Å². The van der Waals surface area contributed by atoms with Crippen LogP contribution in [0.5, 0.6) is 0 Å². The Bertz CT molecular complexity index is 863. The topological polar surface area (TPSA) is 50.2 Å². The van der Waals surface area contributed by atoms with Crippen molar-refractivity contribution in [1.29, 1.82) is 0 Å². The van der Waals surface area contributed by atoms with E-state index in [1.807, 2.05) is 30.3 Å². The van der Waals surface area contributed by atoms with Gasteiger partial charge in [-0.2, -0.15) is 0 Å². The second-order valence-electron chi connectivity index (χ2n) is 4.52. The van der Waals surface area contributed by atoms with Crippen molar-refractivity contribution in [2.24, 2.45) is 0 Å². The monoisotopic (exact) mass is 393 g/mol. The zero-order valence-electron chi connectivity index (χ0n) is 11.1. The highest BCUT2D eigenvalue weighted by atomic mass is 79.9. The Labute approximate surface area is 144 Å². The van der Waals surface area contributed by atoms with E-state index in [9.17, 15) is 9.90 Å². The smallest absolute Gasteiger partial charge is 0.356 e. The Balaban J connectivity index is 2.16. The van der Waals surface area contributed by atoms with Gasteiger partial charge in [0.05, 0.1) is 4.88 Å². The zero-order chi connectivity index (χ0) is 15.7. The van der Waals surface area contributed by atoms with E-state index in [0.717, 1.165) is 15.6 Å². The van der Waals surface area contributed by atoms with Crippen LogP contribution in [0, 0.1) is 0 Å². The molecule has 1 aromatic heterocycles. The third kappa shape index (κ3) is 3.06. The lowest BCUT2D eigenvalue weighted by Crippen LogP contribution is -1.98. The summed E-state index contributed by atoms with van der Waals surface area (Å²) in [6, 6.07) is 14.7. The minimum atomic E-state index is -1.05. The number of thiazole rings is 1. The lowest BCUT2D eigenvalue weighted by Gasteiger charge is -1.99. The number of aromatic nitrogens is 1. The number of nitrogens with zero attached hydrogens (tertiary/aromatic N) is 1. The molecule has 3 aromatic rings. The van der Waals surface area contributed by atoms with Gasteiger partial charge in [-0.05, 0) is 29.8 Å². The molecule has 2 aromatic carbocycles. The summed E-state index contributed by atoms with van der Waals surface area (Å²) in [6.07, 6.45) is 0. The van der Waals surface area contributed by atoms with Crippen molar-refractivity contribution in [2.75, 3.05) is 0 Å². The quantitative estimate of drug-likeness (QED) is 0.630. The Hall–Kier alpha value is -1.69. The molecule has 0 saturated heterocycles. The predicted molar refractivity (Wildman–Crippen MR) is 92.7 cm³/mol. The first-order valence-corrected chi connectivity index (χ1v) is 8.29. The number of hydrogen-bond donors (Lipinski definition) is 1. The van der Waals surface area contributed by atoms with Crippen LogP contribution in [0.15, 0.2) is 53.0 Å². The fraction of sp³-hybridized carbons (Fsp3) is 0. The molecule has 0 aliphatic heterocycles. The molecular weight excluding hydrogens is 386 g/mol. The Morgan fingerprint density at radius 3 is 2.55 bits per heavy atom. The minimum Gasteiger partial charge on any atom is -0.476 e. The van der Waals surface area contributed by atoms with Crippen molar-refractivity contribution >= 4 is 44.8 Å². The first-order chi connectivity index (χ1) is 10.5. The molecule has 3 rings (SSSR count). The van der Waals surface area contributed by atoms with Gasteiger partial charge in [-0.25, -0.2) is 9.78 Å². The molecule has 0 aliphatic carbocycles. The summed E-state index contributed by atoms with van der Waals surface area (Å²) in [5.74, 6) is -1.05. The lowest BCUT2D eigenvalue weighted by molar-refractivity contribution is 0.0692. The second-order valence-corrected chi connectivity index (χ2v) is 6.87. The number of hydrogen-bond acceptors (Lipinski definition) is 3. The van der Waals surface area contributed by atoms with Crippen LogP contribution >= 0.6 is 38.9 Å². The van der Waals surface area contributed by atoms with E-state index >= 15 is 0 Å². The fourth-order valence-corrected chi connectivity index (χ4v) is 3.67. The molecule has 3 nitrogen and oxygen atoms in total. The van der Waals surface area contributed by atoms with E-state index in [2.05, 4.69) is 20.9 Å². The maximum atomic E-state index is 11.5. The SMILES string of the molecule is O=C(O)c1nc(-c2cccc(Br)c2)sc1-c1cccc(Cl)c1. The third-order valence-electron chi connectivity index (χ3n) is 2.99. The molecular formula is C16H9BrClNO2S. The zero-order valence-corrected chi connectivity index (χ0v) is 14.2. The standard InChI is InChI=1S/C16H9BrClNO2S/c17-11-5-1-4-10(7-11)15-19-13(16(20)21)14(22-15)9-3-2-6-12(18)8-9/h1-8H,(H,20,21). The van der Waals surface area contributed by atoms with Crippen molar-refractivity contribution in [1.82, 2.24) is 4.98 Å². The van der Waals surface area contributed by atoms with Crippen molar-refractivity contribution in [3.63, 3.8) is 0 Å². The van der Waals surface area contributed by atoms with E-state index < -0.39 is 5.97 Å². The Kier molecular flexibility index (Phi) is 4.29. The van der Waals surface area contributed by atoms with Crippen LogP contribution < -0.4 is 0 Å². The average molecular weight is 395 g/mol. The van der Waals surface area contributed by atoms with Crippen LogP contribution in [0.25, 0.3) is 21.0 Å². The number of carbonyl (C=O) groups is 1. The Morgan fingerprint density at radius 2 is 1.86 bits per heavy atom. The summed E-state index contributed by atoms with van der Waals surface area (Å²) in [6.45, 7) is 0. The summed E-state index contributed by atoms with van der Waals surface area (Å²) in [7, 11) is 0. The maximum Gasteiger partial charge on any atom is 0.356 e. The molecule has 110 valence electrons. The molecule has 1 heterocycles. The highest BCUT2D eigenvalue weighted by molar-refractivity contribution is 9.10. The van der Waals surface area contributed by atoms with Gasteiger partial charge in [0.15, 0.2) is 5.69 Å². The molecule has 22 heavy (non-hydrogen) atoms. The first-order valence-electron chi connectivity index (χ1n) is 6.30. The summed E-state index contributed by atoms with van der Waals surface area (Å²) < 4.78 is 0.918. The highest BCUT2D eigenvalue weighted by Gasteiger charge is 2.19. The molecule has 0 amide bonds. The second kappa shape index (κ2) is 6.20. The largest absolute Gasteiger partial charge is 0.476 e. The van der Waals surface area contributed by atoms with Crippen LogP contribution in [-0.4, -0.2) is 16.1 Å². The third-order valence-corrected chi connectivity index (χ3v) is 4.87. The predicted octanol–water partition coefficient (Wildman–Crippen LogP) is 5.59. The molecule has 0 atom stereocenters.